The summed E-state index contributed by atoms with van der Waals surface area (Å²) in [7, 11) is 1.47. The first kappa shape index (κ1) is 15.9. The van der Waals surface area contributed by atoms with Gasteiger partial charge in [0.15, 0.2) is 11.5 Å². The third-order valence-electron chi connectivity index (χ3n) is 3.13. The summed E-state index contributed by atoms with van der Waals surface area (Å²) in [6.07, 6.45) is 0.871. The maximum Gasteiger partial charge on any atom is 0.347 e. The van der Waals surface area contributed by atoms with E-state index in [-0.39, 0.29) is 11.7 Å². The summed E-state index contributed by atoms with van der Waals surface area (Å²) < 4.78 is 20.7. The van der Waals surface area contributed by atoms with Gasteiger partial charge in [0.05, 0.1) is 12.7 Å². The Bertz CT molecular complexity index is 580. The Hall–Kier alpha value is -2.50. The molecule has 2 rings (SSSR count). The largest absolute Gasteiger partial charge is 0.493 e. The van der Waals surface area contributed by atoms with Gasteiger partial charge in [-0.3, -0.25) is 0 Å². The first-order valence-electron chi connectivity index (χ1n) is 6.88. The van der Waals surface area contributed by atoms with Crippen LogP contribution in [-0.4, -0.2) is 37.9 Å². The van der Waals surface area contributed by atoms with Gasteiger partial charge in [0, 0.05) is 6.42 Å². The lowest BCUT2D eigenvalue weighted by Gasteiger charge is -2.12. The third kappa shape index (κ3) is 3.58. The predicted octanol–water partition coefficient (Wildman–Crippen LogP) is 2.12. The fourth-order valence-corrected chi connectivity index (χ4v) is 2.08. The molecule has 1 aromatic carbocycles. The molecule has 1 saturated heterocycles. The van der Waals surface area contributed by atoms with Crippen molar-refractivity contribution in [2.75, 3.05) is 13.7 Å². The van der Waals surface area contributed by atoms with Crippen molar-refractivity contribution < 1.29 is 28.5 Å². The summed E-state index contributed by atoms with van der Waals surface area (Å²) in [5.74, 6) is -0.227. The van der Waals surface area contributed by atoms with Gasteiger partial charge in [-0.2, -0.15) is 0 Å². The molecule has 6 heteroatoms. The SMILES string of the molecule is C=CCOc1ccc(C(=O)OC2CC(C)OC2=O)cc1OC. The normalized spacial score (nSPS) is 20.2. The molecule has 2 unspecified atom stereocenters. The minimum absolute atomic E-state index is 0.241. The molecular weight excluding hydrogens is 288 g/mol. The van der Waals surface area contributed by atoms with Crippen LogP contribution in [0.1, 0.15) is 23.7 Å². The Morgan fingerprint density at radius 1 is 1.45 bits per heavy atom. The van der Waals surface area contributed by atoms with E-state index in [0.717, 1.165) is 0 Å². The van der Waals surface area contributed by atoms with Crippen LogP contribution in [0.5, 0.6) is 11.5 Å². The summed E-state index contributed by atoms with van der Waals surface area (Å²) in [5, 5.41) is 0. The highest BCUT2D eigenvalue weighted by molar-refractivity contribution is 5.92. The smallest absolute Gasteiger partial charge is 0.347 e. The number of hydrogen-bond donors (Lipinski definition) is 0. The molecule has 0 aromatic heterocycles. The first-order chi connectivity index (χ1) is 10.5. The highest BCUT2D eigenvalue weighted by Crippen LogP contribution is 2.29. The molecule has 1 aliphatic rings. The van der Waals surface area contributed by atoms with Crippen molar-refractivity contribution in [3.8, 4) is 11.5 Å². The predicted molar refractivity (Wildman–Crippen MR) is 78.1 cm³/mol. The molecule has 0 amide bonds. The third-order valence-corrected chi connectivity index (χ3v) is 3.13. The summed E-state index contributed by atoms with van der Waals surface area (Å²) in [6.45, 7) is 5.64. The summed E-state index contributed by atoms with van der Waals surface area (Å²) in [4.78, 5) is 23.6. The van der Waals surface area contributed by atoms with Gasteiger partial charge in [0.25, 0.3) is 0 Å². The van der Waals surface area contributed by atoms with Gasteiger partial charge in [-0.15, -0.1) is 0 Å². The van der Waals surface area contributed by atoms with E-state index < -0.39 is 18.0 Å². The fraction of sp³-hybridized carbons (Fsp3) is 0.375. The second kappa shape index (κ2) is 6.98. The van der Waals surface area contributed by atoms with Gasteiger partial charge < -0.3 is 18.9 Å². The van der Waals surface area contributed by atoms with E-state index in [1.807, 2.05) is 0 Å². The van der Waals surface area contributed by atoms with Crippen LogP contribution in [0, 0.1) is 0 Å². The standard InChI is InChI=1S/C16H18O6/c1-4-7-20-12-6-5-11(9-13(12)19-3)15(17)22-14-8-10(2)21-16(14)18/h4-6,9-10,14H,1,7-8H2,2-3H3. The Kier molecular flexibility index (Phi) is 5.04. The lowest BCUT2D eigenvalue weighted by Crippen LogP contribution is -2.22. The topological polar surface area (TPSA) is 71.1 Å². The minimum atomic E-state index is -0.856. The molecule has 0 radical (unpaired) electrons. The fourth-order valence-electron chi connectivity index (χ4n) is 2.08. The number of carbonyl (C=O) groups is 2. The zero-order valence-corrected chi connectivity index (χ0v) is 12.5. The van der Waals surface area contributed by atoms with Crippen molar-refractivity contribution in [1.82, 2.24) is 0 Å². The molecular formula is C16H18O6. The number of esters is 2. The first-order valence-corrected chi connectivity index (χ1v) is 6.88. The molecule has 0 spiro atoms. The maximum absolute atomic E-state index is 12.1. The number of hydrogen-bond acceptors (Lipinski definition) is 6. The Morgan fingerprint density at radius 2 is 2.23 bits per heavy atom. The minimum Gasteiger partial charge on any atom is -0.493 e. The van der Waals surface area contributed by atoms with Crippen molar-refractivity contribution in [3.63, 3.8) is 0 Å². The van der Waals surface area contributed by atoms with Gasteiger partial charge >= 0.3 is 11.9 Å². The van der Waals surface area contributed by atoms with E-state index in [4.69, 9.17) is 18.9 Å². The van der Waals surface area contributed by atoms with Crippen molar-refractivity contribution in [3.05, 3.63) is 36.4 Å². The molecule has 0 saturated carbocycles. The van der Waals surface area contributed by atoms with Crippen molar-refractivity contribution >= 4 is 11.9 Å². The molecule has 6 nitrogen and oxygen atoms in total. The van der Waals surface area contributed by atoms with Gasteiger partial charge in [0.2, 0.25) is 6.10 Å². The molecule has 2 atom stereocenters. The van der Waals surface area contributed by atoms with Crippen molar-refractivity contribution in [2.45, 2.75) is 25.6 Å². The van der Waals surface area contributed by atoms with Gasteiger partial charge in [-0.25, -0.2) is 9.59 Å². The number of cyclic esters (lactones) is 1. The lowest BCUT2D eigenvalue weighted by molar-refractivity contribution is -0.147. The van der Waals surface area contributed by atoms with E-state index >= 15 is 0 Å². The number of benzene rings is 1. The van der Waals surface area contributed by atoms with Crippen LogP contribution in [0.15, 0.2) is 30.9 Å². The van der Waals surface area contributed by atoms with E-state index in [1.165, 1.54) is 13.2 Å². The van der Waals surface area contributed by atoms with Crippen molar-refractivity contribution in [1.29, 1.82) is 0 Å². The second-order valence-corrected chi connectivity index (χ2v) is 4.84. The Balaban J connectivity index is 2.09. The molecule has 1 aromatic rings. The van der Waals surface area contributed by atoms with Crippen LogP contribution >= 0.6 is 0 Å². The highest BCUT2D eigenvalue weighted by Gasteiger charge is 2.35. The van der Waals surface area contributed by atoms with E-state index in [0.29, 0.717) is 24.5 Å². The van der Waals surface area contributed by atoms with Gasteiger partial charge in [-0.1, -0.05) is 12.7 Å². The van der Waals surface area contributed by atoms with Crippen LogP contribution < -0.4 is 9.47 Å². The highest BCUT2D eigenvalue weighted by atomic mass is 16.6. The maximum atomic E-state index is 12.1. The number of methoxy groups -OCH3 is 1. The summed E-state index contributed by atoms with van der Waals surface area (Å²) in [6, 6.07) is 4.66. The molecule has 1 heterocycles. The average Bonchev–Trinajstić information content (AvgIpc) is 2.82. The van der Waals surface area contributed by atoms with Crippen LogP contribution in [0.3, 0.4) is 0 Å². The zero-order chi connectivity index (χ0) is 16.1. The van der Waals surface area contributed by atoms with Crippen LogP contribution in [0.4, 0.5) is 0 Å². The molecule has 22 heavy (non-hydrogen) atoms. The summed E-state index contributed by atoms with van der Waals surface area (Å²) in [5.41, 5.74) is 0.273. The van der Waals surface area contributed by atoms with E-state index in [1.54, 1.807) is 25.1 Å². The quantitative estimate of drug-likeness (QED) is 0.592. The zero-order valence-electron chi connectivity index (χ0n) is 12.5. The second-order valence-electron chi connectivity index (χ2n) is 4.84. The molecule has 118 valence electrons. The van der Waals surface area contributed by atoms with Crippen molar-refractivity contribution in [2.24, 2.45) is 0 Å². The van der Waals surface area contributed by atoms with E-state index in [2.05, 4.69) is 6.58 Å². The van der Waals surface area contributed by atoms with Crippen LogP contribution in [-0.2, 0) is 14.3 Å². The molecule has 0 N–H and O–H groups in total. The molecule has 1 fully saturated rings. The van der Waals surface area contributed by atoms with Gasteiger partial charge in [0.1, 0.15) is 12.7 Å². The lowest BCUT2D eigenvalue weighted by atomic mass is 10.2. The average molecular weight is 306 g/mol. The molecule has 0 aliphatic carbocycles. The monoisotopic (exact) mass is 306 g/mol. The van der Waals surface area contributed by atoms with Crippen LogP contribution in [0.25, 0.3) is 0 Å². The summed E-state index contributed by atoms with van der Waals surface area (Å²) >= 11 is 0. The van der Waals surface area contributed by atoms with Gasteiger partial charge in [-0.05, 0) is 25.1 Å². The van der Waals surface area contributed by atoms with Crippen LogP contribution in [0.2, 0.25) is 0 Å². The van der Waals surface area contributed by atoms with E-state index in [9.17, 15) is 9.59 Å². The Labute approximate surface area is 128 Å². The number of ether oxygens (including phenoxy) is 4. The molecule has 1 aliphatic heterocycles. The number of carbonyl (C=O) groups excluding carboxylic acids is 2. The number of rotatable bonds is 6. The Morgan fingerprint density at radius 3 is 2.82 bits per heavy atom. The molecule has 0 bridgehead atoms.